The van der Waals surface area contributed by atoms with Gasteiger partial charge >= 0.3 is 0 Å². The van der Waals surface area contributed by atoms with Gasteiger partial charge in [0.2, 0.25) is 0 Å². The van der Waals surface area contributed by atoms with Crippen LogP contribution in [0.15, 0.2) is 24.3 Å². The first-order valence-electron chi connectivity index (χ1n) is 9.08. The number of nitrogens with one attached hydrogen (secondary N) is 1. The number of carbonyl (C=O) groups is 1. The topological polar surface area (TPSA) is 50.8 Å². The quantitative estimate of drug-likeness (QED) is 0.869. The minimum atomic E-state index is -0.285. The molecule has 0 aliphatic carbocycles. The van der Waals surface area contributed by atoms with Crippen molar-refractivity contribution in [3.63, 3.8) is 0 Å². The Labute approximate surface area is 156 Å². The zero-order valence-corrected chi connectivity index (χ0v) is 15.4. The molecule has 2 unspecified atom stereocenters. The summed E-state index contributed by atoms with van der Waals surface area (Å²) in [5.74, 6) is 0.00289. The standard InChI is InChI=1S/C19H23FN2O3S/c20-15-2-1-3-17-14(15)10-18(26-17)19(23)21-11-16(13-4-7-25-12-13)22-5-8-24-9-6-22/h1-3,10,13,16H,4-9,11-12H2,(H,21,23). The molecule has 5 nitrogen and oxygen atoms in total. The van der Waals surface area contributed by atoms with Gasteiger partial charge in [0.05, 0.1) is 24.7 Å². The summed E-state index contributed by atoms with van der Waals surface area (Å²) in [5, 5.41) is 3.58. The van der Waals surface area contributed by atoms with Crippen molar-refractivity contribution in [2.45, 2.75) is 12.5 Å². The van der Waals surface area contributed by atoms with E-state index in [4.69, 9.17) is 9.47 Å². The van der Waals surface area contributed by atoms with E-state index in [9.17, 15) is 9.18 Å². The lowest BCUT2D eigenvalue weighted by atomic mass is 9.97. The second kappa shape index (κ2) is 8.00. The van der Waals surface area contributed by atoms with Gasteiger partial charge in [-0.2, -0.15) is 0 Å². The van der Waals surface area contributed by atoms with Crippen molar-refractivity contribution in [3.05, 3.63) is 35.0 Å². The maximum Gasteiger partial charge on any atom is 0.261 e. The van der Waals surface area contributed by atoms with Crippen molar-refractivity contribution in [1.82, 2.24) is 10.2 Å². The largest absolute Gasteiger partial charge is 0.381 e. The zero-order chi connectivity index (χ0) is 17.9. The lowest BCUT2D eigenvalue weighted by Crippen LogP contribution is -2.52. The van der Waals surface area contributed by atoms with E-state index < -0.39 is 0 Å². The summed E-state index contributed by atoms with van der Waals surface area (Å²) >= 11 is 1.33. The molecule has 2 saturated heterocycles. The van der Waals surface area contributed by atoms with Crippen LogP contribution in [-0.2, 0) is 9.47 Å². The fourth-order valence-corrected chi connectivity index (χ4v) is 4.77. The molecule has 26 heavy (non-hydrogen) atoms. The number of hydrogen-bond donors (Lipinski definition) is 1. The molecule has 0 bridgehead atoms. The van der Waals surface area contributed by atoms with Crippen LogP contribution in [0.25, 0.3) is 10.1 Å². The van der Waals surface area contributed by atoms with E-state index in [1.165, 1.54) is 17.4 Å². The van der Waals surface area contributed by atoms with Gasteiger partial charge < -0.3 is 14.8 Å². The van der Waals surface area contributed by atoms with Gasteiger partial charge in [0, 0.05) is 48.3 Å². The van der Waals surface area contributed by atoms with Crippen LogP contribution in [0.4, 0.5) is 4.39 Å². The molecule has 0 saturated carbocycles. The number of halogens is 1. The molecule has 2 fully saturated rings. The Morgan fingerprint density at radius 2 is 2.15 bits per heavy atom. The first-order chi connectivity index (χ1) is 12.7. The van der Waals surface area contributed by atoms with E-state index in [-0.39, 0.29) is 17.8 Å². The third-order valence-electron chi connectivity index (χ3n) is 5.23. The molecule has 2 atom stereocenters. The van der Waals surface area contributed by atoms with Gasteiger partial charge in [-0.3, -0.25) is 9.69 Å². The number of nitrogens with zero attached hydrogens (tertiary/aromatic N) is 1. The zero-order valence-electron chi connectivity index (χ0n) is 14.6. The van der Waals surface area contributed by atoms with Crippen LogP contribution in [-0.4, -0.2) is 62.9 Å². The highest BCUT2D eigenvalue weighted by atomic mass is 32.1. The van der Waals surface area contributed by atoms with Crippen molar-refractivity contribution in [2.75, 3.05) is 46.1 Å². The fraction of sp³-hybridized carbons (Fsp3) is 0.526. The molecule has 1 aromatic heterocycles. The first-order valence-corrected chi connectivity index (χ1v) is 9.90. The monoisotopic (exact) mass is 378 g/mol. The highest BCUT2D eigenvalue weighted by molar-refractivity contribution is 7.20. The molecule has 2 aliphatic heterocycles. The molecule has 4 rings (SSSR count). The number of rotatable bonds is 5. The van der Waals surface area contributed by atoms with Crippen LogP contribution >= 0.6 is 11.3 Å². The third kappa shape index (κ3) is 3.76. The molecule has 1 amide bonds. The summed E-state index contributed by atoms with van der Waals surface area (Å²) in [4.78, 5) is 15.6. The van der Waals surface area contributed by atoms with E-state index >= 15 is 0 Å². The number of thiophene rings is 1. The molecule has 2 aromatic rings. The fourth-order valence-electron chi connectivity index (χ4n) is 3.78. The van der Waals surface area contributed by atoms with Gasteiger partial charge in [0.25, 0.3) is 5.91 Å². The van der Waals surface area contributed by atoms with Crippen LogP contribution in [0.5, 0.6) is 0 Å². The van der Waals surface area contributed by atoms with E-state index in [0.29, 0.717) is 22.7 Å². The molecule has 7 heteroatoms. The highest BCUT2D eigenvalue weighted by Gasteiger charge is 2.32. The van der Waals surface area contributed by atoms with Gasteiger partial charge in [-0.05, 0) is 24.6 Å². The second-order valence-corrected chi connectivity index (χ2v) is 7.90. The van der Waals surface area contributed by atoms with E-state index in [2.05, 4.69) is 10.2 Å². The van der Waals surface area contributed by atoms with E-state index in [1.54, 1.807) is 12.1 Å². The van der Waals surface area contributed by atoms with E-state index in [1.807, 2.05) is 6.07 Å². The average molecular weight is 378 g/mol. The Kier molecular flexibility index (Phi) is 5.49. The molecule has 0 radical (unpaired) electrons. The Hall–Kier alpha value is -1.54. The lowest BCUT2D eigenvalue weighted by molar-refractivity contribution is 0.00167. The summed E-state index contributed by atoms with van der Waals surface area (Å²) in [6.45, 7) is 5.32. The summed E-state index contributed by atoms with van der Waals surface area (Å²) in [6, 6.07) is 6.83. The number of fused-ring (bicyclic) bond motifs is 1. The highest BCUT2D eigenvalue weighted by Crippen LogP contribution is 2.28. The normalized spacial score (nSPS) is 22.6. The minimum Gasteiger partial charge on any atom is -0.381 e. The van der Waals surface area contributed by atoms with Gasteiger partial charge in [0.15, 0.2) is 0 Å². The Morgan fingerprint density at radius 3 is 2.88 bits per heavy atom. The minimum absolute atomic E-state index is 0.136. The van der Waals surface area contributed by atoms with Crippen LogP contribution < -0.4 is 5.32 Å². The molecule has 1 N–H and O–H groups in total. The SMILES string of the molecule is O=C(NCC(C1CCOC1)N1CCOCC1)c1cc2c(F)cccc2s1. The van der Waals surface area contributed by atoms with Gasteiger partial charge in [-0.15, -0.1) is 11.3 Å². The predicted molar refractivity (Wildman–Crippen MR) is 99.2 cm³/mol. The number of hydrogen-bond acceptors (Lipinski definition) is 5. The number of morpholine rings is 1. The number of carbonyl (C=O) groups excluding carboxylic acids is 1. The molecule has 140 valence electrons. The second-order valence-electron chi connectivity index (χ2n) is 6.81. The lowest BCUT2D eigenvalue weighted by Gasteiger charge is -2.37. The maximum atomic E-state index is 13.9. The van der Waals surface area contributed by atoms with Crippen LogP contribution in [0.2, 0.25) is 0 Å². The Bertz CT molecular complexity index is 769. The van der Waals surface area contributed by atoms with Crippen molar-refractivity contribution >= 4 is 27.3 Å². The summed E-state index contributed by atoms with van der Waals surface area (Å²) < 4.78 is 25.7. The molecule has 0 spiro atoms. The van der Waals surface area contributed by atoms with Crippen molar-refractivity contribution in [2.24, 2.45) is 5.92 Å². The summed E-state index contributed by atoms with van der Waals surface area (Å²) in [5.41, 5.74) is 0. The first kappa shape index (κ1) is 17.9. The number of benzene rings is 1. The van der Waals surface area contributed by atoms with Crippen LogP contribution in [0.1, 0.15) is 16.1 Å². The van der Waals surface area contributed by atoms with Gasteiger partial charge in [0.1, 0.15) is 5.82 Å². The molecule has 1 aromatic carbocycles. The molecule has 3 heterocycles. The maximum absolute atomic E-state index is 13.9. The van der Waals surface area contributed by atoms with Gasteiger partial charge in [-0.1, -0.05) is 6.07 Å². The number of amides is 1. The Balaban J connectivity index is 1.45. The van der Waals surface area contributed by atoms with Crippen molar-refractivity contribution in [1.29, 1.82) is 0 Å². The van der Waals surface area contributed by atoms with Gasteiger partial charge in [-0.25, -0.2) is 4.39 Å². The summed E-state index contributed by atoms with van der Waals surface area (Å²) in [6.07, 6.45) is 1.02. The molecular formula is C19H23FN2O3S. The molecule has 2 aliphatic rings. The molecular weight excluding hydrogens is 355 g/mol. The van der Waals surface area contributed by atoms with Crippen LogP contribution in [0.3, 0.4) is 0 Å². The summed E-state index contributed by atoms with van der Waals surface area (Å²) in [7, 11) is 0. The van der Waals surface area contributed by atoms with E-state index in [0.717, 1.165) is 50.6 Å². The third-order valence-corrected chi connectivity index (χ3v) is 6.33. The average Bonchev–Trinajstić information content (AvgIpc) is 3.33. The van der Waals surface area contributed by atoms with Crippen molar-refractivity contribution < 1.29 is 18.7 Å². The van der Waals surface area contributed by atoms with Crippen LogP contribution in [0, 0.1) is 11.7 Å². The van der Waals surface area contributed by atoms with Crippen molar-refractivity contribution in [3.8, 4) is 0 Å². The Morgan fingerprint density at radius 1 is 1.31 bits per heavy atom. The number of ether oxygens (including phenoxy) is 2. The smallest absolute Gasteiger partial charge is 0.261 e. The predicted octanol–water partition coefficient (Wildman–Crippen LogP) is 2.51.